The largest absolute Gasteiger partial charge is 0.308 e. The molecule has 96 valence electrons. The molecule has 0 atom stereocenters. The molecule has 3 N–H and O–H groups in total. The van der Waals surface area contributed by atoms with Gasteiger partial charge in [-0.15, -0.1) is 0 Å². The Kier molecular flexibility index (Phi) is 5.31. The zero-order valence-corrected chi connectivity index (χ0v) is 11.2. The zero-order chi connectivity index (χ0) is 12.8. The molecule has 1 aromatic rings. The van der Waals surface area contributed by atoms with E-state index in [0.29, 0.717) is 11.7 Å². The van der Waals surface area contributed by atoms with E-state index in [9.17, 15) is 0 Å². The highest BCUT2D eigenvalue weighted by molar-refractivity contribution is 5.33. The van der Waals surface area contributed by atoms with E-state index in [0.717, 1.165) is 31.2 Å². The van der Waals surface area contributed by atoms with Crippen LogP contribution in [0.4, 0.5) is 5.82 Å². The first-order valence-electron chi connectivity index (χ1n) is 6.08. The second-order valence-corrected chi connectivity index (χ2v) is 4.68. The Hall–Kier alpha value is -1.20. The van der Waals surface area contributed by atoms with Gasteiger partial charge in [0.1, 0.15) is 11.6 Å². The number of nitrogens with two attached hydrogens (primary N) is 1. The molecule has 17 heavy (non-hydrogen) atoms. The minimum atomic E-state index is 0.645. The molecule has 1 aromatic heterocycles. The first-order valence-corrected chi connectivity index (χ1v) is 6.08. The van der Waals surface area contributed by atoms with Crippen molar-refractivity contribution in [3.8, 4) is 0 Å². The van der Waals surface area contributed by atoms with Crippen LogP contribution in [0.2, 0.25) is 0 Å². The lowest BCUT2D eigenvalue weighted by atomic mass is 10.2. The fourth-order valence-corrected chi connectivity index (χ4v) is 1.80. The quantitative estimate of drug-likeness (QED) is 0.580. The second-order valence-electron chi connectivity index (χ2n) is 4.68. The second kappa shape index (κ2) is 6.51. The van der Waals surface area contributed by atoms with E-state index in [2.05, 4.69) is 41.1 Å². The maximum absolute atomic E-state index is 5.38. The van der Waals surface area contributed by atoms with Gasteiger partial charge in [-0.2, -0.15) is 0 Å². The molecule has 0 bridgehead atoms. The Labute approximate surface area is 103 Å². The average Bonchev–Trinajstić information content (AvgIpc) is 2.26. The molecule has 1 heterocycles. The van der Waals surface area contributed by atoms with Crippen molar-refractivity contribution >= 4 is 5.82 Å². The number of nitrogen functional groups attached to an aromatic ring is 1. The number of nitrogens with zero attached hydrogens (tertiary/aromatic N) is 3. The van der Waals surface area contributed by atoms with Crippen LogP contribution in [0.5, 0.6) is 0 Å². The molecule has 5 heteroatoms. The van der Waals surface area contributed by atoms with Crippen LogP contribution < -0.4 is 11.3 Å². The number of anilines is 1. The van der Waals surface area contributed by atoms with Gasteiger partial charge in [0.15, 0.2) is 0 Å². The van der Waals surface area contributed by atoms with Gasteiger partial charge in [-0.25, -0.2) is 15.8 Å². The molecule has 1 rings (SSSR count). The Morgan fingerprint density at radius 3 is 2.65 bits per heavy atom. The summed E-state index contributed by atoms with van der Waals surface area (Å²) in [5, 5.41) is 0. The lowest BCUT2D eigenvalue weighted by Crippen LogP contribution is -2.28. The van der Waals surface area contributed by atoms with Crippen LogP contribution in [-0.4, -0.2) is 28.0 Å². The van der Waals surface area contributed by atoms with Gasteiger partial charge in [0.25, 0.3) is 0 Å². The Morgan fingerprint density at radius 2 is 2.12 bits per heavy atom. The van der Waals surface area contributed by atoms with Crippen molar-refractivity contribution < 1.29 is 0 Å². The van der Waals surface area contributed by atoms with Crippen molar-refractivity contribution in [3.05, 3.63) is 17.6 Å². The Bertz CT molecular complexity index is 351. The molecule has 0 aliphatic rings. The number of nitrogens with one attached hydrogen (secondary N) is 1. The highest BCUT2D eigenvalue weighted by Crippen LogP contribution is 2.08. The van der Waals surface area contributed by atoms with Gasteiger partial charge in [-0.1, -0.05) is 20.8 Å². The smallest absolute Gasteiger partial charge is 0.145 e. The maximum Gasteiger partial charge on any atom is 0.145 e. The highest BCUT2D eigenvalue weighted by Gasteiger charge is 2.09. The van der Waals surface area contributed by atoms with Crippen molar-refractivity contribution in [3.63, 3.8) is 0 Å². The average molecular weight is 237 g/mol. The van der Waals surface area contributed by atoms with Crippen molar-refractivity contribution in [2.24, 2.45) is 11.8 Å². The monoisotopic (exact) mass is 237 g/mol. The van der Waals surface area contributed by atoms with E-state index < -0.39 is 0 Å². The standard InChI is InChI=1S/C12H23N5/c1-5-17(7-9(2)3)8-12-14-10(4)6-11(15-12)16-13/h6,9H,5,7-8,13H2,1-4H3,(H,14,15,16). The molecule has 0 unspecified atom stereocenters. The molecule has 0 aromatic carbocycles. The van der Waals surface area contributed by atoms with Gasteiger partial charge in [-0.05, 0) is 19.4 Å². The zero-order valence-electron chi connectivity index (χ0n) is 11.2. The van der Waals surface area contributed by atoms with Gasteiger partial charge in [-0.3, -0.25) is 4.90 Å². The Balaban J connectivity index is 2.74. The highest BCUT2D eigenvalue weighted by atomic mass is 15.3. The van der Waals surface area contributed by atoms with Gasteiger partial charge in [0, 0.05) is 18.3 Å². The molecule has 0 saturated carbocycles. The van der Waals surface area contributed by atoms with E-state index in [4.69, 9.17) is 5.84 Å². The topological polar surface area (TPSA) is 67.1 Å². The number of aromatic nitrogens is 2. The molecular formula is C12H23N5. The first-order chi connectivity index (χ1) is 8.05. The minimum Gasteiger partial charge on any atom is -0.308 e. The third kappa shape index (κ3) is 4.66. The summed E-state index contributed by atoms with van der Waals surface area (Å²) in [6, 6.07) is 1.84. The van der Waals surface area contributed by atoms with Crippen LogP contribution in [0.15, 0.2) is 6.07 Å². The summed E-state index contributed by atoms with van der Waals surface area (Å²) < 4.78 is 0. The minimum absolute atomic E-state index is 0.645. The summed E-state index contributed by atoms with van der Waals surface area (Å²) in [4.78, 5) is 11.1. The molecule has 0 aliphatic carbocycles. The molecular weight excluding hydrogens is 214 g/mol. The van der Waals surface area contributed by atoms with Crippen molar-refractivity contribution in [1.29, 1.82) is 0 Å². The molecule has 0 saturated heterocycles. The van der Waals surface area contributed by atoms with Gasteiger partial charge < -0.3 is 5.43 Å². The van der Waals surface area contributed by atoms with Gasteiger partial charge in [0.2, 0.25) is 0 Å². The van der Waals surface area contributed by atoms with Crippen LogP contribution in [0.25, 0.3) is 0 Å². The summed E-state index contributed by atoms with van der Waals surface area (Å²) in [7, 11) is 0. The summed E-state index contributed by atoms with van der Waals surface area (Å²) in [5.41, 5.74) is 3.50. The maximum atomic E-state index is 5.38. The van der Waals surface area contributed by atoms with Crippen LogP contribution in [0, 0.1) is 12.8 Å². The lowest BCUT2D eigenvalue weighted by molar-refractivity contribution is 0.242. The number of hydrazine groups is 1. The first kappa shape index (κ1) is 13.9. The summed E-state index contributed by atoms with van der Waals surface area (Å²) in [5.74, 6) is 7.52. The summed E-state index contributed by atoms with van der Waals surface area (Å²) in [6.07, 6.45) is 0. The predicted octanol–water partition coefficient (Wildman–Crippen LogP) is 1.55. The van der Waals surface area contributed by atoms with E-state index in [1.165, 1.54) is 0 Å². The van der Waals surface area contributed by atoms with Crippen molar-refractivity contribution in [1.82, 2.24) is 14.9 Å². The predicted molar refractivity (Wildman–Crippen MR) is 70.4 cm³/mol. The number of hydrogen-bond acceptors (Lipinski definition) is 5. The SMILES string of the molecule is CCN(Cc1nc(C)cc(NN)n1)CC(C)C. The lowest BCUT2D eigenvalue weighted by Gasteiger charge is -2.21. The van der Waals surface area contributed by atoms with Crippen LogP contribution in [0.1, 0.15) is 32.3 Å². The fourth-order valence-electron chi connectivity index (χ4n) is 1.80. The molecule has 0 spiro atoms. The third-order valence-electron chi connectivity index (χ3n) is 2.48. The van der Waals surface area contributed by atoms with E-state index >= 15 is 0 Å². The van der Waals surface area contributed by atoms with Crippen LogP contribution >= 0.6 is 0 Å². The van der Waals surface area contributed by atoms with Crippen LogP contribution in [-0.2, 0) is 6.54 Å². The van der Waals surface area contributed by atoms with Crippen LogP contribution in [0.3, 0.4) is 0 Å². The molecule has 0 radical (unpaired) electrons. The molecule has 0 fully saturated rings. The summed E-state index contributed by atoms with van der Waals surface area (Å²) >= 11 is 0. The Morgan fingerprint density at radius 1 is 1.41 bits per heavy atom. The normalized spacial score (nSPS) is 11.2. The number of aryl methyl sites for hydroxylation is 1. The van der Waals surface area contributed by atoms with Crippen molar-refractivity contribution in [2.45, 2.75) is 34.2 Å². The molecule has 0 amide bonds. The number of rotatable bonds is 6. The fraction of sp³-hybridized carbons (Fsp3) is 0.667. The van der Waals surface area contributed by atoms with E-state index in [1.807, 2.05) is 13.0 Å². The van der Waals surface area contributed by atoms with Gasteiger partial charge in [0.05, 0.1) is 6.54 Å². The summed E-state index contributed by atoms with van der Waals surface area (Å²) in [6.45, 7) is 11.4. The van der Waals surface area contributed by atoms with Crippen molar-refractivity contribution in [2.75, 3.05) is 18.5 Å². The molecule has 5 nitrogen and oxygen atoms in total. The van der Waals surface area contributed by atoms with E-state index in [1.54, 1.807) is 0 Å². The molecule has 0 aliphatic heterocycles. The van der Waals surface area contributed by atoms with E-state index in [-0.39, 0.29) is 0 Å². The number of hydrogen-bond donors (Lipinski definition) is 2. The third-order valence-corrected chi connectivity index (χ3v) is 2.48. The van der Waals surface area contributed by atoms with Gasteiger partial charge >= 0.3 is 0 Å².